The Morgan fingerprint density at radius 1 is 1.37 bits per heavy atom. The average Bonchev–Trinajstić information content (AvgIpc) is 2.91. The molecule has 0 aliphatic rings. The standard InChI is InChI=1S/C14H16BrN3O/c1-17(10-12-2-4-13(15)5-3-12)14(19)6-8-18-9-7-16-11-18/h2-5,7,9,11H,6,8,10H2,1H3. The van der Waals surface area contributed by atoms with Crippen molar-refractivity contribution in [2.75, 3.05) is 7.05 Å². The van der Waals surface area contributed by atoms with Crippen molar-refractivity contribution >= 4 is 21.8 Å². The van der Waals surface area contributed by atoms with E-state index in [4.69, 9.17) is 0 Å². The summed E-state index contributed by atoms with van der Waals surface area (Å²) in [6.07, 6.45) is 5.80. The van der Waals surface area contributed by atoms with Crippen LogP contribution in [0.15, 0.2) is 47.5 Å². The predicted octanol–water partition coefficient (Wildman–Crippen LogP) is 2.69. The Bertz CT molecular complexity index is 522. The minimum Gasteiger partial charge on any atom is -0.341 e. The quantitative estimate of drug-likeness (QED) is 0.849. The highest BCUT2D eigenvalue weighted by molar-refractivity contribution is 9.10. The van der Waals surface area contributed by atoms with Crippen LogP contribution in [0.2, 0.25) is 0 Å². The van der Waals surface area contributed by atoms with E-state index in [0.717, 1.165) is 10.0 Å². The first kappa shape index (κ1) is 13.8. The number of nitrogens with zero attached hydrogens (tertiary/aromatic N) is 3. The van der Waals surface area contributed by atoms with Gasteiger partial charge in [0, 0.05) is 43.4 Å². The van der Waals surface area contributed by atoms with Crippen molar-refractivity contribution in [3.63, 3.8) is 0 Å². The van der Waals surface area contributed by atoms with Crippen LogP contribution in [0.3, 0.4) is 0 Å². The molecule has 0 aliphatic heterocycles. The van der Waals surface area contributed by atoms with E-state index in [1.165, 1.54) is 0 Å². The van der Waals surface area contributed by atoms with Crippen LogP contribution in [-0.2, 0) is 17.9 Å². The molecule has 0 aliphatic carbocycles. The normalized spacial score (nSPS) is 10.4. The Hall–Kier alpha value is -1.62. The number of rotatable bonds is 5. The van der Waals surface area contributed by atoms with Gasteiger partial charge in [0.2, 0.25) is 5.91 Å². The number of carbonyl (C=O) groups excluding carboxylic acids is 1. The zero-order valence-corrected chi connectivity index (χ0v) is 12.4. The van der Waals surface area contributed by atoms with Crippen LogP contribution in [0.1, 0.15) is 12.0 Å². The molecule has 1 heterocycles. The van der Waals surface area contributed by atoms with Crippen molar-refractivity contribution in [1.29, 1.82) is 0 Å². The van der Waals surface area contributed by atoms with Crippen molar-refractivity contribution in [2.24, 2.45) is 0 Å². The largest absolute Gasteiger partial charge is 0.341 e. The Morgan fingerprint density at radius 2 is 2.11 bits per heavy atom. The number of halogens is 1. The second kappa shape index (κ2) is 6.52. The van der Waals surface area contributed by atoms with Crippen molar-refractivity contribution in [3.8, 4) is 0 Å². The molecule has 2 rings (SSSR count). The third-order valence-corrected chi connectivity index (χ3v) is 3.43. The summed E-state index contributed by atoms with van der Waals surface area (Å²) in [5.74, 6) is 0.136. The molecule has 4 nitrogen and oxygen atoms in total. The van der Waals surface area contributed by atoms with Gasteiger partial charge in [-0.05, 0) is 17.7 Å². The van der Waals surface area contributed by atoms with Crippen LogP contribution in [-0.4, -0.2) is 27.4 Å². The zero-order valence-electron chi connectivity index (χ0n) is 10.8. The fourth-order valence-corrected chi connectivity index (χ4v) is 2.05. The predicted molar refractivity (Wildman–Crippen MR) is 77.5 cm³/mol. The lowest BCUT2D eigenvalue weighted by Gasteiger charge is -2.17. The Kier molecular flexibility index (Phi) is 4.74. The number of hydrogen-bond acceptors (Lipinski definition) is 2. The second-order valence-corrected chi connectivity index (χ2v) is 5.34. The summed E-state index contributed by atoms with van der Waals surface area (Å²) in [5.41, 5.74) is 1.13. The van der Waals surface area contributed by atoms with E-state index < -0.39 is 0 Å². The summed E-state index contributed by atoms with van der Waals surface area (Å²) in [5, 5.41) is 0. The fraction of sp³-hybridized carbons (Fsp3) is 0.286. The lowest BCUT2D eigenvalue weighted by atomic mass is 10.2. The van der Waals surface area contributed by atoms with Gasteiger partial charge in [-0.25, -0.2) is 4.98 Å². The summed E-state index contributed by atoms with van der Waals surface area (Å²) in [7, 11) is 1.83. The third-order valence-electron chi connectivity index (χ3n) is 2.90. The number of aromatic nitrogens is 2. The molecule has 1 amide bonds. The molecule has 0 fully saturated rings. The summed E-state index contributed by atoms with van der Waals surface area (Å²) in [6, 6.07) is 8.01. The van der Waals surface area contributed by atoms with Gasteiger partial charge in [-0.2, -0.15) is 0 Å². The molecular weight excluding hydrogens is 306 g/mol. The molecular formula is C14H16BrN3O. The summed E-state index contributed by atoms with van der Waals surface area (Å²) < 4.78 is 2.95. The van der Waals surface area contributed by atoms with Gasteiger partial charge in [0.15, 0.2) is 0 Å². The van der Waals surface area contributed by atoms with E-state index in [1.54, 1.807) is 17.4 Å². The molecule has 1 aromatic carbocycles. The monoisotopic (exact) mass is 321 g/mol. The third kappa shape index (κ3) is 4.21. The minimum atomic E-state index is 0.136. The van der Waals surface area contributed by atoms with Crippen molar-refractivity contribution in [2.45, 2.75) is 19.5 Å². The molecule has 2 aromatic rings. The SMILES string of the molecule is CN(Cc1ccc(Br)cc1)C(=O)CCn1ccnc1. The van der Waals surface area contributed by atoms with Crippen LogP contribution in [0.4, 0.5) is 0 Å². The van der Waals surface area contributed by atoms with Gasteiger partial charge >= 0.3 is 0 Å². The number of aryl methyl sites for hydroxylation is 1. The van der Waals surface area contributed by atoms with Crippen LogP contribution >= 0.6 is 15.9 Å². The lowest BCUT2D eigenvalue weighted by Crippen LogP contribution is -2.26. The average molecular weight is 322 g/mol. The Morgan fingerprint density at radius 3 is 2.74 bits per heavy atom. The van der Waals surface area contributed by atoms with Gasteiger partial charge in [0.1, 0.15) is 0 Å². The van der Waals surface area contributed by atoms with Gasteiger partial charge in [-0.1, -0.05) is 28.1 Å². The first-order valence-electron chi connectivity index (χ1n) is 6.09. The van der Waals surface area contributed by atoms with E-state index in [9.17, 15) is 4.79 Å². The molecule has 0 spiro atoms. The van der Waals surface area contributed by atoms with Crippen LogP contribution in [0.25, 0.3) is 0 Å². The van der Waals surface area contributed by atoms with E-state index in [0.29, 0.717) is 19.5 Å². The van der Waals surface area contributed by atoms with Gasteiger partial charge in [0.05, 0.1) is 6.33 Å². The molecule has 100 valence electrons. The fourth-order valence-electron chi connectivity index (χ4n) is 1.79. The molecule has 0 atom stereocenters. The van der Waals surface area contributed by atoms with E-state index >= 15 is 0 Å². The highest BCUT2D eigenvalue weighted by atomic mass is 79.9. The highest BCUT2D eigenvalue weighted by Crippen LogP contribution is 2.12. The number of hydrogen-bond donors (Lipinski definition) is 0. The van der Waals surface area contributed by atoms with Crippen molar-refractivity contribution in [1.82, 2.24) is 14.5 Å². The summed E-state index contributed by atoms with van der Waals surface area (Å²) in [6.45, 7) is 1.31. The van der Waals surface area contributed by atoms with Crippen molar-refractivity contribution in [3.05, 3.63) is 53.0 Å². The van der Waals surface area contributed by atoms with Gasteiger partial charge < -0.3 is 9.47 Å². The van der Waals surface area contributed by atoms with Crippen LogP contribution < -0.4 is 0 Å². The maximum absolute atomic E-state index is 12.0. The van der Waals surface area contributed by atoms with E-state index in [1.807, 2.05) is 42.1 Å². The maximum atomic E-state index is 12.0. The second-order valence-electron chi connectivity index (χ2n) is 4.43. The molecule has 0 saturated heterocycles. The number of carbonyl (C=O) groups is 1. The summed E-state index contributed by atoms with van der Waals surface area (Å²) in [4.78, 5) is 17.7. The highest BCUT2D eigenvalue weighted by Gasteiger charge is 2.09. The minimum absolute atomic E-state index is 0.136. The number of amides is 1. The molecule has 19 heavy (non-hydrogen) atoms. The maximum Gasteiger partial charge on any atom is 0.224 e. The molecule has 0 radical (unpaired) electrons. The first-order valence-corrected chi connectivity index (χ1v) is 6.88. The van der Waals surface area contributed by atoms with Crippen LogP contribution in [0, 0.1) is 0 Å². The molecule has 0 saturated carbocycles. The van der Waals surface area contributed by atoms with Crippen LogP contribution in [0.5, 0.6) is 0 Å². The van der Waals surface area contributed by atoms with Gasteiger partial charge in [-0.15, -0.1) is 0 Å². The van der Waals surface area contributed by atoms with E-state index in [2.05, 4.69) is 20.9 Å². The molecule has 0 unspecified atom stereocenters. The smallest absolute Gasteiger partial charge is 0.224 e. The number of imidazole rings is 1. The van der Waals surface area contributed by atoms with Crippen molar-refractivity contribution < 1.29 is 4.79 Å². The number of benzene rings is 1. The Balaban J connectivity index is 1.83. The van der Waals surface area contributed by atoms with Gasteiger partial charge in [0.25, 0.3) is 0 Å². The van der Waals surface area contributed by atoms with Gasteiger partial charge in [-0.3, -0.25) is 4.79 Å². The topological polar surface area (TPSA) is 38.1 Å². The molecule has 0 bridgehead atoms. The summed E-state index contributed by atoms with van der Waals surface area (Å²) >= 11 is 3.40. The Labute approximate surface area is 121 Å². The first-order chi connectivity index (χ1) is 9.15. The molecule has 5 heteroatoms. The van der Waals surface area contributed by atoms with E-state index in [-0.39, 0.29) is 5.91 Å². The molecule has 1 aromatic heterocycles. The zero-order chi connectivity index (χ0) is 13.7. The molecule has 0 N–H and O–H groups in total. The lowest BCUT2D eigenvalue weighted by molar-refractivity contribution is -0.130.